The van der Waals surface area contributed by atoms with Gasteiger partial charge in [-0.2, -0.15) is 0 Å². The van der Waals surface area contributed by atoms with Crippen LogP contribution in [0.3, 0.4) is 0 Å². The first-order valence-corrected chi connectivity index (χ1v) is 7.39. The summed E-state index contributed by atoms with van der Waals surface area (Å²) in [5, 5.41) is 0. The van der Waals surface area contributed by atoms with Crippen molar-refractivity contribution in [1.82, 2.24) is 0 Å². The van der Waals surface area contributed by atoms with Crippen molar-refractivity contribution in [2.24, 2.45) is 0 Å². The molecule has 1 saturated carbocycles. The quantitative estimate of drug-likeness (QED) is 0.568. The molecule has 99 valence electrons. The lowest BCUT2D eigenvalue weighted by Crippen LogP contribution is -2.26. The van der Waals surface area contributed by atoms with Crippen LogP contribution in [-0.2, 0) is 10.0 Å². The zero-order valence-electron chi connectivity index (χ0n) is 11.4. The van der Waals surface area contributed by atoms with E-state index < -0.39 is 5.60 Å². The molecular formula is C17H21OSi. The van der Waals surface area contributed by atoms with Gasteiger partial charge in [0.15, 0.2) is 0 Å². The maximum absolute atomic E-state index is 5.52. The summed E-state index contributed by atoms with van der Waals surface area (Å²) < 4.78 is 5.52. The van der Waals surface area contributed by atoms with E-state index in [1.54, 1.807) is 12.2 Å². The number of rotatable bonds is 5. The molecule has 1 aliphatic carbocycles. The third-order valence-corrected chi connectivity index (χ3v) is 4.54. The summed E-state index contributed by atoms with van der Waals surface area (Å²) in [5.41, 5.74) is 1.88. The highest BCUT2D eigenvalue weighted by molar-refractivity contribution is 5.98. The number of hydrogen-bond acceptors (Lipinski definition) is 1. The molecule has 0 unspecified atom stereocenters. The minimum atomic E-state index is -0.648. The normalized spacial score (nSPS) is 17.1. The molecule has 0 amide bonds. The van der Waals surface area contributed by atoms with Crippen LogP contribution in [0.25, 0.3) is 0 Å². The summed E-state index contributed by atoms with van der Waals surface area (Å²) in [7, 11) is 3.20. The average Bonchev–Trinajstić information content (AvgIpc) is 2.51. The van der Waals surface area contributed by atoms with Crippen LogP contribution in [0.1, 0.15) is 49.1 Å². The Hall–Kier alpha value is -1.12. The maximum atomic E-state index is 5.52. The van der Waals surface area contributed by atoms with Gasteiger partial charge >= 0.3 is 0 Å². The van der Waals surface area contributed by atoms with E-state index in [1.807, 2.05) is 0 Å². The summed E-state index contributed by atoms with van der Waals surface area (Å²) in [6, 6.07) is 8.50. The molecule has 19 heavy (non-hydrogen) atoms. The Balaban J connectivity index is 2.45. The molecular weight excluding hydrogens is 248 g/mol. The number of benzene rings is 1. The molecule has 0 bridgehead atoms. The van der Waals surface area contributed by atoms with Crippen molar-refractivity contribution in [3.63, 3.8) is 0 Å². The third kappa shape index (κ3) is 2.75. The first kappa shape index (κ1) is 14.3. The minimum Gasteiger partial charge on any atom is -0.402 e. The van der Waals surface area contributed by atoms with Crippen LogP contribution < -0.4 is 0 Å². The molecule has 0 spiro atoms. The highest BCUT2D eigenvalue weighted by Gasteiger charge is 2.29. The molecule has 0 aliphatic heterocycles. The Kier molecular flexibility index (Phi) is 4.78. The summed E-state index contributed by atoms with van der Waals surface area (Å²) >= 11 is 0. The first-order chi connectivity index (χ1) is 9.27. The molecule has 0 aromatic heterocycles. The molecule has 1 aliphatic rings. The lowest BCUT2D eigenvalue weighted by atomic mass is 9.78. The van der Waals surface area contributed by atoms with Crippen LogP contribution in [0.15, 0.2) is 49.6 Å². The molecule has 1 aromatic rings. The molecule has 2 heteroatoms. The third-order valence-electron chi connectivity index (χ3n) is 4.20. The Morgan fingerprint density at radius 3 is 2.32 bits per heavy atom. The highest BCUT2D eigenvalue weighted by atomic mass is 28.2. The Labute approximate surface area is 119 Å². The zero-order chi connectivity index (χ0) is 13.7. The van der Waals surface area contributed by atoms with Gasteiger partial charge in [-0.05, 0) is 29.9 Å². The van der Waals surface area contributed by atoms with Crippen LogP contribution in [0.2, 0.25) is 0 Å². The summed E-state index contributed by atoms with van der Waals surface area (Å²) in [4.78, 5) is 0. The van der Waals surface area contributed by atoms with E-state index in [2.05, 4.69) is 47.9 Å². The van der Waals surface area contributed by atoms with Crippen molar-refractivity contribution in [3.05, 3.63) is 60.7 Å². The van der Waals surface area contributed by atoms with Gasteiger partial charge in [-0.3, -0.25) is 0 Å². The minimum absolute atomic E-state index is 0.631. The van der Waals surface area contributed by atoms with E-state index in [0.29, 0.717) is 5.92 Å². The Bertz CT molecular complexity index is 438. The van der Waals surface area contributed by atoms with E-state index in [9.17, 15) is 0 Å². The van der Waals surface area contributed by atoms with E-state index in [1.165, 1.54) is 37.7 Å². The van der Waals surface area contributed by atoms with Crippen molar-refractivity contribution in [3.8, 4) is 0 Å². The van der Waals surface area contributed by atoms with Gasteiger partial charge in [0.2, 0.25) is 10.5 Å². The van der Waals surface area contributed by atoms with Crippen molar-refractivity contribution < 1.29 is 4.43 Å². The van der Waals surface area contributed by atoms with Crippen LogP contribution in [-0.4, -0.2) is 10.5 Å². The van der Waals surface area contributed by atoms with Gasteiger partial charge in [0.1, 0.15) is 5.60 Å². The van der Waals surface area contributed by atoms with Crippen LogP contribution >= 0.6 is 0 Å². The fourth-order valence-corrected chi connectivity index (χ4v) is 3.34. The van der Waals surface area contributed by atoms with Gasteiger partial charge in [-0.15, -0.1) is 0 Å². The Morgan fingerprint density at radius 2 is 1.74 bits per heavy atom. The van der Waals surface area contributed by atoms with Crippen molar-refractivity contribution in [2.45, 2.75) is 43.6 Å². The van der Waals surface area contributed by atoms with Crippen LogP contribution in [0.4, 0.5) is 0 Å². The summed E-state index contributed by atoms with van der Waals surface area (Å²) in [6.45, 7) is 7.82. The molecule has 0 atom stereocenters. The molecule has 1 aromatic carbocycles. The summed E-state index contributed by atoms with van der Waals surface area (Å²) in [6.07, 6.45) is 10.1. The van der Waals surface area contributed by atoms with Gasteiger partial charge in [0.05, 0.1) is 0 Å². The summed E-state index contributed by atoms with van der Waals surface area (Å²) in [5.74, 6) is 0.631. The second kappa shape index (κ2) is 6.35. The predicted octanol–water partition coefficient (Wildman–Crippen LogP) is 4.40. The van der Waals surface area contributed by atoms with Crippen LogP contribution in [0.5, 0.6) is 0 Å². The second-order valence-electron chi connectivity index (χ2n) is 5.23. The monoisotopic (exact) mass is 269 g/mol. The average molecular weight is 269 g/mol. The molecule has 0 N–H and O–H groups in total. The van der Waals surface area contributed by atoms with E-state index in [-0.39, 0.29) is 0 Å². The van der Waals surface area contributed by atoms with Gasteiger partial charge in [0.25, 0.3) is 0 Å². The molecule has 1 nitrogen and oxygen atoms in total. The van der Waals surface area contributed by atoms with Gasteiger partial charge < -0.3 is 4.43 Å². The fourth-order valence-electron chi connectivity index (χ4n) is 3.06. The van der Waals surface area contributed by atoms with E-state index >= 15 is 0 Å². The maximum Gasteiger partial charge on any atom is 0.248 e. The standard InChI is InChI=1S/C17H21OSi/c1-3-17(4-2,18-19)16-13-9-8-12-15(16)14-10-6-5-7-11-14/h3-4,8-9,12-14H,1-2,5-7,10-11H2. The van der Waals surface area contributed by atoms with Gasteiger partial charge in [-0.25, -0.2) is 0 Å². The van der Waals surface area contributed by atoms with Crippen molar-refractivity contribution >= 4 is 10.5 Å². The zero-order valence-corrected chi connectivity index (χ0v) is 12.4. The topological polar surface area (TPSA) is 9.23 Å². The van der Waals surface area contributed by atoms with Crippen LogP contribution in [0, 0.1) is 0 Å². The number of hydrogen-bond donors (Lipinski definition) is 0. The second-order valence-corrected chi connectivity index (χ2v) is 5.43. The largest absolute Gasteiger partial charge is 0.402 e. The van der Waals surface area contributed by atoms with E-state index in [0.717, 1.165) is 5.56 Å². The molecule has 0 saturated heterocycles. The molecule has 3 radical (unpaired) electrons. The van der Waals surface area contributed by atoms with Gasteiger partial charge in [-0.1, -0.05) is 68.8 Å². The fraction of sp³-hybridized carbons (Fsp3) is 0.412. The highest BCUT2D eigenvalue weighted by Crippen LogP contribution is 2.39. The predicted molar refractivity (Wildman–Crippen MR) is 81.2 cm³/mol. The Morgan fingerprint density at radius 1 is 1.11 bits per heavy atom. The molecule has 1 fully saturated rings. The lowest BCUT2D eigenvalue weighted by molar-refractivity contribution is 0.191. The molecule has 2 rings (SSSR count). The van der Waals surface area contributed by atoms with Crippen molar-refractivity contribution in [1.29, 1.82) is 0 Å². The first-order valence-electron chi connectivity index (χ1n) is 6.98. The lowest BCUT2D eigenvalue weighted by Gasteiger charge is -2.32. The molecule has 0 heterocycles. The van der Waals surface area contributed by atoms with E-state index in [4.69, 9.17) is 4.43 Å². The van der Waals surface area contributed by atoms with Crippen molar-refractivity contribution in [2.75, 3.05) is 0 Å². The van der Waals surface area contributed by atoms with Gasteiger partial charge in [0, 0.05) is 0 Å². The SMILES string of the molecule is C=CC(C=C)(O[Si])c1ccccc1C1CCCCC1. The smallest absolute Gasteiger partial charge is 0.248 e.